The molecule has 0 aliphatic heterocycles. The van der Waals surface area contributed by atoms with Crippen molar-refractivity contribution < 1.29 is 39.2 Å². The molecular weight excluding hydrogens is 548 g/mol. The highest BCUT2D eigenvalue weighted by Crippen LogP contribution is 2.77. The largest absolute Gasteiger partial charge is 0.458 e. The van der Waals surface area contributed by atoms with Crippen molar-refractivity contribution in [3.05, 3.63) is 23.3 Å². The van der Waals surface area contributed by atoms with E-state index in [4.69, 9.17) is 9.47 Å². The number of carbonyl (C=O) groups is 3. The molecule has 0 aromatic heterocycles. The van der Waals surface area contributed by atoms with Gasteiger partial charge in [-0.25, -0.2) is 0 Å². The van der Waals surface area contributed by atoms with E-state index in [1.165, 1.54) is 45.4 Å². The summed E-state index contributed by atoms with van der Waals surface area (Å²) in [4.78, 5) is 39.1. The van der Waals surface area contributed by atoms with Gasteiger partial charge in [0.15, 0.2) is 17.0 Å². The molecule has 0 radical (unpaired) electrons. The summed E-state index contributed by atoms with van der Waals surface area (Å²) in [5.74, 6) is -3.96. The normalized spacial score (nSPS) is 37.3. The summed E-state index contributed by atoms with van der Waals surface area (Å²) in [7, 11) is 0. The maximum Gasteiger partial charge on any atom is 0.306 e. The van der Waals surface area contributed by atoms with Gasteiger partial charge >= 0.3 is 11.9 Å². The summed E-state index contributed by atoms with van der Waals surface area (Å²) >= 11 is 0. The molecule has 4 aliphatic carbocycles. The van der Waals surface area contributed by atoms with E-state index in [1.807, 2.05) is 13.8 Å². The van der Waals surface area contributed by atoms with Gasteiger partial charge in [-0.05, 0) is 17.6 Å². The number of carbonyl (C=O) groups excluding carboxylic acids is 3. The van der Waals surface area contributed by atoms with Crippen LogP contribution in [0.4, 0.5) is 0 Å². The van der Waals surface area contributed by atoms with Crippen molar-refractivity contribution in [2.75, 3.05) is 6.61 Å². The molecule has 2 unspecified atom stereocenters. The average Bonchev–Trinajstić information content (AvgIpc) is 3.37. The van der Waals surface area contributed by atoms with Crippen molar-refractivity contribution in [2.45, 2.75) is 141 Å². The second-order valence-electron chi connectivity index (χ2n) is 14.3. The number of rotatable bonds is 14. The zero-order valence-electron chi connectivity index (χ0n) is 27.1. The number of fused-ring (bicyclic) bond motifs is 5. The molecule has 0 amide bonds. The van der Waals surface area contributed by atoms with Gasteiger partial charge in [-0.15, -0.1) is 0 Å². The van der Waals surface area contributed by atoms with Crippen LogP contribution in [0.3, 0.4) is 0 Å². The number of unbranched alkanes of at least 4 members (excludes halogenated alkanes) is 9. The number of aliphatic hydroxyl groups excluding tert-OH is 1. The number of Topliss-reactive ketones (excluding diaryl/α,β-unsaturated/α-hetero) is 1. The highest BCUT2D eigenvalue weighted by molar-refractivity contribution is 5.98. The van der Waals surface area contributed by atoms with Gasteiger partial charge in [-0.2, -0.15) is 0 Å². The minimum atomic E-state index is -1.98. The molecular formula is C35H54O8. The van der Waals surface area contributed by atoms with Crippen molar-refractivity contribution in [1.82, 2.24) is 0 Å². The first-order chi connectivity index (χ1) is 20.2. The lowest BCUT2D eigenvalue weighted by Gasteiger charge is -2.51. The summed E-state index contributed by atoms with van der Waals surface area (Å²) in [5.41, 5.74) is -4.99. The molecule has 2 saturated carbocycles. The third kappa shape index (κ3) is 5.65. The molecule has 8 nitrogen and oxygen atoms in total. The Kier molecular flexibility index (Phi) is 10.0. The topological polar surface area (TPSA) is 130 Å². The number of allylic oxidation sites excluding steroid dienone is 1. The van der Waals surface area contributed by atoms with Crippen LogP contribution in [0, 0.1) is 29.1 Å². The number of ether oxygens (including phenoxy) is 2. The first-order valence-electron chi connectivity index (χ1n) is 16.6. The van der Waals surface area contributed by atoms with Gasteiger partial charge < -0.3 is 24.8 Å². The van der Waals surface area contributed by atoms with Crippen LogP contribution >= 0.6 is 0 Å². The Hall–Kier alpha value is -2.03. The van der Waals surface area contributed by atoms with Crippen LogP contribution in [0.15, 0.2) is 23.3 Å². The molecule has 0 aromatic rings. The number of esters is 2. The molecule has 8 atom stereocenters. The van der Waals surface area contributed by atoms with Gasteiger partial charge in [0.1, 0.15) is 11.7 Å². The van der Waals surface area contributed by atoms with Crippen molar-refractivity contribution >= 4 is 17.7 Å². The van der Waals surface area contributed by atoms with Crippen LogP contribution in [0.25, 0.3) is 0 Å². The lowest BCUT2D eigenvalue weighted by atomic mass is 9.61. The Morgan fingerprint density at radius 2 is 1.53 bits per heavy atom. The van der Waals surface area contributed by atoms with Gasteiger partial charge in [0, 0.05) is 48.9 Å². The third-order valence-corrected chi connectivity index (χ3v) is 11.1. The van der Waals surface area contributed by atoms with Gasteiger partial charge in [-0.1, -0.05) is 105 Å². The monoisotopic (exact) mass is 602 g/mol. The van der Waals surface area contributed by atoms with Crippen LogP contribution < -0.4 is 0 Å². The molecule has 0 heterocycles. The van der Waals surface area contributed by atoms with E-state index in [0.717, 1.165) is 19.3 Å². The molecule has 0 saturated heterocycles. The van der Waals surface area contributed by atoms with Crippen LogP contribution in [-0.2, 0) is 23.9 Å². The van der Waals surface area contributed by atoms with Gasteiger partial charge in [0.25, 0.3) is 0 Å². The molecule has 242 valence electrons. The molecule has 0 bridgehead atoms. The number of ketones is 1. The number of aliphatic hydroxyl groups is 3. The third-order valence-electron chi connectivity index (χ3n) is 11.1. The fourth-order valence-corrected chi connectivity index (χ4v) is 8.87. The molecule has 4 rings (SSSR count). The maximum absolute atomic E-state index is 13.3. The maximum atomic E-state index is 13.3. The van der Waals surface area contributed by atoms with Crippen LogP contribution in [0.5, 0.6) is 0 Å². The lowest BCUT2D eigenvalue weighted by molar-refractivity contribution is -0.206. The standard InChI is InChI=1S/C35H54O8/c1-7-8-9-10-11-12-13-14-15-16-17-28(38)42-31-23(3)34(41)26(29-32(5,6)35(29,31)43-24(4)37)19-25(21-36)20-33(40)27(34)18-22(2)30(33)39/h18-19,22-23,26,29,31,36,40-41H,7-17,20-21H2,1-6H3/t22?,23-,26+,29?,31-,33-,34-,35-/m1/s1. The Balaban J connectivity index is 1.55. The smallest absolute Gasteiger partial charge is 0.306 e. The van der Waals surface area contributed by atoms with Crippen molar-refractivity contribution in [1.29, 1.82) is 0 Å². The lowest BCUT2D eigenvalue weighted by Crippen LogP contribution is -2.63. The molecule has 4 aliphatic rings. The van der Waals surface area contributed by atoms with E-state index in [-0.39, 0.29) is 25.0 Å². The summed E-state index contributed by atoms with van der Waals surface area (Å²) in [5, 5.41) is 34.7. The van der Waals surface area contributed by atoms with E-state index >= 15 is 0 Å². The predicted octanol–water partition coefficient (Wildman–Crippen LogP) is 5.36. The van der Waals surface area contributed by atoms with Gasteiger partial charge in [0.2, 0.25) is 0 Å². The number of hydrogen-bond acceptors (Lipinski definition) is 8. The second-order valence-corrected chi connectivity index (χ2v) is 14.3. The molecule has 3 N–H and O–H groups in total. The molecule has 8 heteroatoms. The molecule has 43 heavy (non-hydrogen) atoms. The van der Waals surface area contributed by atoms with Crippen LogP contribution in [-0.4, -0.2) is 62.6 Å². The van der Waals surface area contributed by atoms with Crippen molar-refractivity contribution in [3.63, 3.8) is 0 Å². The second kappa shape index (κ2) is 12.8. The fraction of sp³-hybridized carbons (Fsp3) is 0.800. The van der Waals surface area contributed by atoms with Crippen molar-refractivity contribution in [3.8, 4) is 0 Å². The van der Waals surface area contributed by atoms with E-state index < -0.39 is 69.7 Å². The van der Waals surface area contributed by atoms with Gasteiger partial charge in [-0.3, -0.25) is 14.4 Å². The Bertz CT molecular complexity index is 1140. The molecule has 2 fully saturated rings. The zero-order chi connectivity index (χ0) is 31.8. The van der Waals surface area contributed by atoms with Gasteiger partial charge in [0.05, 0.1) is 6.61 Å². The van der Waals surface area contributed by atoms with Crippen LogP contribution in [0.2, 0.25) is 0 Å². The zero-order valence-corrected chi connectivity index (χ0v) is 27.1. The van der Waals surface area contributed by atoms with E-state index in [0.29, 0.717) is 12.0 Å². The Labute approximate surface area is 257 Å². The number of hydrogen-bond donors (Lipinski definition) is 3. The highest BCUT2D eigenvalue weighted by atomic mass is 16.6. The summed E-state index contributed by atoms with van der Waals surface area (Å²) < 4.78 is 12.3. The van der Waals surface area contributed by atoms with Crippen molar-refractivity contribution in [2.24, 2.45) is 29.1 Å². The quantitative estimate of drug-likeness (QED) is 0.138. The van der Waals surface area contributed by atoms with E-state index in [1.54, 1.807) is 26.0 Å². The summed E-state index contributed by atoms with van der Waals surface area (Å²) in [6, 6.07) is 0. The Morgan fingerprint density at radius 3 is 2.09 bits per heavy atom. The summed E-state index contributed by atoms with van der Waals surface area (Å²) in [6.45, 7) is 10.5. The first kappa shape index (κ1) is 33.9. The molecule has 0 aromatic carbocycles. The van der Waals surface area contributed by atoms with Crippen LogP contribution in [0.1, 0.15) is 119 Å². The summed E-state index contributed by atoms with van der Waals surface area (Å²) in [6.07, 6.45) is 13.9. The molecule has 0 spiro atoms. The predicted molar refractivity (Wildman–Crippen MR) is 163 cm³/mol. The van der Waals surface area contributed by atoms with E-state index in [9.17, 15) is 29.7 Å². The SMILES string of the molecule is CCCCCCCCCCCCC(=O)O[C@@H]1[C@@H](C)[C@]2(O)C3=CC(C)C(=O)[C@@]3(O)CC(CO)=C[C@H]2C2C(C)(C)[C@@]21OC(C)=O. The minimum Gasteiger partial charge on any atom is -0.458 e. The fourth-order valence-electron chi connectivity index (χ4n) is 8.87. The van der Waals surface area contributed by atoms with E-state index in [2.05, 4.69) is 6.92 Å². The Morgan fingerprint density at radius 1 is 0.953 bits per heavy atom. The average molecular weight is 603 g/mol. The highest BCUT2D eigenvalue weighted by Gasteiger charge is 2.87. The minimum absolute atomic E-state index is 0.124. The first-order valence-corrected chi connectivity index (χ1v) is 16.6.